The van der Waals surface area contributed by atoms with Crippen LogP contribution in [0.4, 0.5) is 4.79 Å². The largest absolute Gasteiger partial charge is 0.467 e. The summed E-state index contributed by atoms with van der Waals surface area (Å²) in [7, 11) is 1.33. The fourth-order valence-corrected chi connectivity index (χ4v) is 2.19. The normalized spacial score (nSPS) is 23.7. The zero-order valence-electron chi connectivity index (χ0n) is 12.3. The van der Waals surface area contributed by atoms with Gasteiger partial charge in [0.15, 0.2) is 0 Å². The highest BCUT2D eigenvalue weighted by Gasteiger charge is 2.42. The fraction of sp³-hybridized carbons (Fsp3) is 0.714. The number of esters is 1. The van der Waals surface area contributed by atoms with Gasteiger partial charge < -0.3 is 9.47 Å². The van der Waals surface area contributed by atoms with E-state index in [1.807, 2.05) is 19.1 Å². The van der Waals surface area contributed by atoms with E-state index in [4.69, 9.17) is 9.47 Å². The van der Waals surface area contributed by atoms with Gasteiger partial charge >= 0.3 is 12.1 Å². The van der Waals surface area contributed by atoms with Gasteiger partial charge in [0.1, 0.15) is 11.6 Å². The summed E-state index contributed by atoms with van der Waals surface area (Å²) in [5.74, 6) is -0.391. The Morgan fingerprint density at radius 1 is 1.26 bits per heavy atom. The first-order valence-corrected chi connectivity index (χ1v) is 6.52. The van der Waals surface area contributed by atoms with Crippen LogP contribution in [0.2, 0.25) is 0 Å². The lowest BCUT2D eigenvalue weighted by molar-refractivity contribution is -0.146. The molecule has 5 nitrogen and oxygen atoms in total. The number of rotatable bonds is 2. The zero-order chi connectivity index (χ0) is 14.6. The highest BCUT2D eigenvalue weighted by Crippen LogP contribution is 2.28. The van der Waals surface area contributed by atoms with Crippen LogP contribution >= 0.6 is 0 Å². The van der Waals surface area contributed by atoms with E-state index >= 15 is 0 Å². The van der Waals surface area contributed by atoms with Gasteiger partial charge in [0, 0.05) is 0 Å². The number of allylic oxidation sites excluding steroid dienone is 1. The van der Waals surface area contributed by atoms with E-state index < -0.39 is 23.7 Å². The summed E-state index contributed by atoms with van der Waals surface area (Å²) in [4.78, 5) is 25.5. The number of likely N-dealkylation sites (tertiary alicyclic amines) is 1. The lowest BCUT2D eigenvalue weighted by atomic mass is 10.2. The number of ether oxygens (including phenoxy) is 2. The lowest BCUT2D eigenvalue weighted by Gasteiger charge is -2.30. The van der Waals surface area contributed by atoms with Crippen molar-refractivity contribution in [3.8, 4) is 0 Å². The standard InChI is InChI=1S/C14H23NO4/c1-6-7-10-8-9-11(12(16)18-5)15(10)13(17)19-14(2,3)4/h6-7,10-11H,8-9H2,1-5H3/b7-6+/t10-,11+/m1/s1. The second-order valence-electron chi connectivity index (χ2n) is 5.60. The molecular formula is C14H23NO4. The Labute approximate surface area is 114 Å². The minimum atomic E-state index is -0.583. The average molecular weight is 269 g/mol. The summed E-state index contributed by atoms with van der Waals surface area (Å²) in [6, 6.07) is -0.662. The second kappa shape index (κ2) is 6.08. The Balaban J connectivity index is 2.92. The molecule has 1 aliphatic rings. The predicted octanol–water partition coefficient (Wildman–Crippen LogP) is 2.50. The molecule has 19 heavy (non-hydrogen) atoms. The van der Waals surface area contributed by atoms with Crippen LogP contribution in [-0.2, 0) is 14.3 Å². The van der Waals surface area contributed by atoms with E-state index in [9.17, 15) is 9.59 Å². The van der Waals surface area contributed by atoms with Crippen LogP contribution in [-0.4, -0.2) is 41.8 Å². The van der Waals surface area contributed by atoms with Gasteiger partial charge in [0.25, 0.3) is 0 Å². The molecule has 0 radical (unpaired) electrons. The maximum Gasteiger partial charge on any atom is 0.411 e. The highest BCUT2D eigenvalue weighted by atomic mass is 16.6. The summed E-state index contributed by atoms with van der Waals surface area (Å²) in [6.07, 6.45) is 4.65. The lowest BCUT2D eigenvalue weighted by Crippen LogP contribution is -2.47. The van der Waals surface area contributed by atoms with E-state index in [1.54, 1.807) is 20.8 Å². The van der Waals surface area contributed by atoms with Crippen molar-refractivity contribution in [2.75, 3.05) is 7.11 Å². The van der Waals surface area contributed by atoms with Crippen LogP contribution in [0.3, 0.4) is 0 Å². The number of amides is 1. The maximum absolute atomic E-state index is 12.2. The number of hydrogen-bond donors (Lipinski definition) is 0. The Morgan fingerprint density at radius 3 is 2.37 bits per heavy atom. The topological polar surface area (TPSA) is 55.8 Å². The molecule has 2 atom stereocenters. The first-order valence-electron chi connectivity index (χ1n) is 6.52. The molecule has 0 aromatic rings. The fourth-order valence-electron chi connectivity index (χ4n) is 2.19. The highest BCUT2D eigenvalue weighted by molar-refractivity contribution is 5.82. The first-order chi connectivity index (χ1) is 8.80. The SMILES string of the molecule is C/C=C/[C@@H]1CC[C@@H](C(=O)OC)N1C(=O)OC(C)(C)C. The Morgan fingerprint density at radius 2 is 1.89 bits per heavy atom. The first kappa shape index (κ1) is 15.5. The molecule has 108 valence electrons. The number of methoxy groups -OCH3 is 1. The third-order valence-corrected chi connectivity index (χ3v) is 2.92. The van der Waals surface area contributed by atoms with Crippen molar-refractivity contribution < 1.29 is 19.1 Å². The van der Waals surface area contributed by atoms with Gasteiger partial charge in [-0.1, -0.05) is 12.2 Å². The molecule has 0 saturated carbocycles. The number of carbonyl (C=O) groups is 2. The average Bonchev–Trinajstić information content (AvgIpc) is 2.70. The molecule has 5 heteroatoms. The monoisotopic (exact) mass is 269 g/mol. The van der Waals surface area contributed by atoms with Crippen LogP contribution in [0.25, 0.3) is 0 Å². The molecule has 1 heterocycles. The Kier molecular flexibility index (Phi) is 4.97. The van der Waals surface area contributed by atoms with E-state index in [0.717, 1.165) is 6.42 Å². The number of hydrogen-bond acceptors (Lipinski definition) is 4. The van der Waals surface area contributed by atoms with Crippen molar-refractivity contribution in [3.63, 3.8) is 0 Å². The third-order valence-electron chi connectivity index (χ3n) is 2.92. The summed E-state index contributed by atoms with van der Waals surface area (Å²) in [5.41, 5.74) is -0.583. The van der Waals surface area contributed by atoms with E-state index in [0.29, 0.717) is 6.42 Å². The quantitative estimate of drug-likeness (QED) is 0.571. The van der Waals surface area contributed by atoms with E-state index in [1.165, 1.54) is 12.0 Å². The predicted molar refractivity (Wildman–Crippen MR) is 71.7 cm³/mol. The molecular weight excluding hydrogens is 246 g/mol. The summed E-state index contributed by atoms with van der Waals surface area (Å²) in [6.45, 7) is 7.30. The molecule has 1 fully saturated rings. The zero-order valence-corrected chi connectivity index (χ0v) is 12.3. The molecule has 1 amide bonds. The van der Waals surface area contributed by atoms with Gasteiger partial charge in [-0.25, -0.2) is 9.59 Å². The Hall–Kier alpha value is -1.52. The summed E-state index contributed by atoms with van der Waals surface area (Å²) in [5, 5.41) is 0. The molecule has 0 aromatic heterocycles. The van der Waals surface area contributed by atoms with Crippen LogP contribution in [0.1, 0.15) is 40.5 Å². The molecule has 0 spiro atoms. The van der Waals surface area contributed by atoms with E-state index in [2.05, 4.69) is 0 Å². The van der Waals surface area contributed by atoms with Crippen molar-refractivity contribution in [2.45, 2.75) is 58.2 Å². The molecule has 0 bridgehead atoms. The minimum Gasteiger partial charge on any atom is -0.467 e. The number of nitrogens with zero attached hydrogens (tertiary/aromatic N) is 1. The third kappa shape index (κ3) is 3.98. The second-order valence-corrected chi connectivity index (χ2v) is 5.60. The molecule has 0 aromatic carbocycles. The van der Waals surface area contributed by atoms with Gasteiger partial charge in [-0.15, -0.1) is 0 Å². The van der Waals surface area contributed by atoms with Gasteiger partial charge in [-0.2, -0.15) is 0 Å². The van der Waals surface area contributed by atoms with Crippen molar-refractivity contribution in [1.82, 2.24) is 4.90 Å². The van der Waals surface area contributed by atoms with Crippen molar-refractivity contribution in [3.05, 3.63) is 12.2 Å². The van der Waals surface area contributed by atoms with Crippen LogP contribution in [0.5, 0.6) is 0 Å². The molecule has 1 rings (SSSR count). The van der Waals surface area contributed by atoms with Crippen molar-refractivity contribution in [2.24, 2.45) is 0 Å². The molecule has 1 aliphatic heterocycles. The molecule has 1 saturated heterocycles. The van der Waals surface area contributed by atoms with E-state index in [-0.39, 0.29) is 6.04 Å². The molecule has 0 N–H and O–H groups in total. The molecule has 0 aliphatic carbocycles. The summed E-state index contributed by atoms with van der Waals surface area (Å²) >= 11 is 0. The maximum atomic E-state index is 12.2. The van der Waals surface area contributed by atoms with Gasteiger partial charge in [0.05, 0.1) is 13.2 Å². The van der Waals surface area contributed by atoms with Crippen molar-refractivity contribution in [1.29, 1.82) is 0 Å². The summed E-state index contributed by atoms with van der Waals surface area (Å²) < 4.78 is 10.1. The van der Waals surface area contributed by atoms with Gasteiger partial charge in [-0.3, -0.25) is 4.90 Å². The van der Waals surface area contributed by atoms with Crippen molar-refractivity contribution >= 4 is 12.1 Å². The smallest absolute Gasteiger partial charge is 0.411 e. The van der Waals surface area contributed by atoms with Gasteiger partial charge in [0.2, 0.25) is 0 Å². The molecule has 0 unspecified atom stereocenters. The van der Waals surface area contributed by atoms with Gasteiger partial charge in [-0.05, 0) is 40.5 Å². The minimum absolute atomic E-state index is 0.107. The number of carbonyl (C=O) groups excluding carboxylic acids is 2. The van der Waals surface area contributed by atoms with Crippen LogP contribution in [0.15, 0.2) is 12.2 Å². The Bertz CT molecular complexity index is 370. The van der Waals surface area contributed by atoms with Crippen LogP contribution < -0.4 is 0 Å². The van der Waals surface area contributed by atoms with Crippen LogP contribution in [0, 0.1) is 0 Å².